The molecule has 8 heavy (non-hydrogen) atoms. The number of nitriles is 1. The third-order valence-electron chi connectivity index (χ3n) is 0.777. The van der Waals surface area contributed by atoms with Gasteiger partial charge in [0.25, 0.3) is 0 Å². The van der Waals surface area contributed by atoms with E-state index in [0.717, 1.165) is 3.58 Å². The summed E-state index contributed by atoms with van der Waals surface area (Å²) in [6, 6.07) is 2.08. The second kappa shape index (κ2) is 3.90. The van der Waals surface area contributed by atoms with E-state index in [2.05, 4.69) is 28.7 Å². The number of hydrogen-bond acceptors (Lipinski definition) is 1. The van der Waals surface area contributed by atoms with Crippen molar-refractivity contribution in [2.45, 2.75) is 20.3 Å². The van der Waals surface area contributed by atoms with Crippen LogP contribution in [0.5, 0.6) is 0 Å². The molecule has 0 saturated heterocycles. The Bertz CT molecular complexity index is 137. The molecule has 0 aliphatic heterocycles. The van der Waals surface area contributed by atoms with Crippen molar-refractivity contribution in [1.82, 2.24) is 0 Å². The lowest BCUT2D eigenvalue weighted by atomic mass is 10.3. The predicted octanol–water partition coefficient (Wildman–Crippen LogP) is 2.63. The van der Waals surface area contributed by atoms with Crippen LogP contribution in [0.25, 0.3) is 0 Å². The van der Waals surface area contributed by atoms with Crippen LogP contribution < -0.4 is 0 Å². The Balaban J connectivity index is 3.85. The van der Waals surface area contributed by atoms with Gasteiger partial charge < -0.3 is 0 Å². The van der Waals surface area contributed by atoms with Crippen LogP contribution in [0.4, 0.5) is 0 Å². The zero-order valence-corrected chi connectivity index (χ0v) is 7.19. The van der Waals surface area contributed by atoms with Gasteiger partial charge in [-0.05, 0) is 36.4 Å². The van der Waals surface area contributed by atoms with Crippen LogP contribution >= 0.6 is 22.6 Å². The Morgan fingerprint density at radius 3 is 2.25 bits per heavy atom. The van der Waals surface area contributed by atoms with Crippen LogP contribution in [0, 0.1) is 11.3 Å². The first-order valence-corrected chi connectivity index (χ1v) is 3.45. The van der Waals surface area contributed by atoms with Crippen LogP contribution in [0.15, 0.2) is 9.15 Å². The molecule has 0 spiro atoms. The summed E-state index contributed by atoms with van der Waals surface area (Å²) >= 11 is 2.19. The molecule has 0 bridgehead atoms. The monoisotopic (exact) mass is 221 g/mol. The van der Waals surface area contributed by atoms with E-state index in [1.165, 1.54) is 5.57 Å². The van der Waals surface area contributed by atoms with Crippen molar-refractivity contribution in [2.24, 2.45) is 0 Å². The van der Waals surface area contributed by atoms with E-state index >= 15 is 0 Å². The summed E-state index contributed by atoms with van der Waals surface area (Å²) in [5.74, 6) is 0. The Morgan fingerprint density at radius 1 is 1.62 bits per heavy atom. The lowest BCUT2D eigenvalue weighted by molar-refractivity contribution is 1.26. The molecule has 0 aliphatic rings. The third kappa shape index (κ3) is 3.03. The van der Waals surface area contributed by atoms with E-state index < -0.39 is 0 Å². The minimum atomic E-state index is 0.558. The summed E-state index contributed by atoms with van der Waals surface area (Å²) in [6.45, 7) is 4.03. The molecule has 0 aromatic rings. The standard InChI is InChI=1S/C6H8IN/c1-5(2)6(7)3-4-8/h3H2,1-2H3. The highest BCUT2D eigenvalue weighted by Crippen LogP contribution is 2.14. The quantitative estimate of drug-likeness (QED) is 0.624. The topological polar surface area (TPSA) is 23.8 Å². The van der Waals surface area contributed by atoms with Crippen LogP contribution in [0.3, 0.4) is 0 Å². The van der Waals surface area contributed by atoms with E-state index in [9.17, 15) is 0 Å². The molecule has 0 saturated carbocycles. The van der Waals surface area contributed by atoms with E-state index in [-0.39, 0.29) is 0 Å². The molecule has 0 radical (unpaired) electrons. The minimum Gasteiger partial charge on any atom is -0.198 e. The molecule has 0 aromatic heterocycles. The molecule has 0 fully saturated rings. The van der Waals surface area contributed by atoms with Gasteiger partial charge in [0.1, 0.15) is 0 Å². The Labute approximate surface area is 63.5 Å². The van der Waals surface area contributed by atoms with Crippen molar-refractivity contribution >= 4 is 22.6 Å². The molecular weight excluding hydrogens is 213 g/mol. The van der Waals surface area contributed by atoms with Gasteiger partial charge in [0, 0.05) is 3.58 Å². The summed E-state index contributed by atoms with van der Waals surface area (Å²) in [7, 11) is 0. The summed E-state index contributed by atoms with van der Waals surface area (Å²) in [4.78, 5) is 0. The summed E-state index contributed by atoms with van der Waals surface area (Å²) in [6.07, 6.45) is 0.558. The number of nitrogens with zero attached hydrogens (tertiary/aromatic N) is 1. The van der Waals surface area contributed by atoms with Crippen molar-refractivity contribution < 1.29 is 0 Å². The summed E-state index contributed by atoms with van der Waals surface area (Å²) in [5.41, 5.74) is 1.24. The number of halogens is 1. The molecular formula is C6H8IN. The van der Waals surface area contributed by atoms with Crippen molar-refractivity contribution in [1.29, 1.82) is 5.26 Å². The van der Waals surface area contributed by atoms with Gasteiger partial charge in [0.2, 0.25) is 0 Å². The van der Waals surface area contributed by atoms with E-state index in [0.29, 0.717) is 6.42 Å². The third-order valence-corrected chi connectivity index (χ3v) is 2.24. The van der Waals surface area contributed by atoms with Crippen molar-refractivity contribution in [3.8, 4) is 6.07 Å². The highest BCUT2D eigenvalue weighted by molar-refractivity contribution is 14.1. The highest BCUT2D eigenvalue weighted by atomic mass is 127. The molecule has 0 unspecified atom stereocenters. The van der Waals surface area contributed by atoms with Gasteiger partial charge in [0.15, 0.2) is 0 Å². The largest absolute Gasteiger partial charge is 0.198 e. The van der Waals surface area contributed by atoms with Gasteiger partial charge in [-0.25, -0.2) is 0 Å². The fourth-order valence-electron chi connectivity index (χ4n) is 0.246. The van der Waals surface area contributed by atoms with Gasteiger partial charge >= 0.3 is 0 Å². The maximum absolute atomic E-state index is 8.20. The predicted molar refractivity (Wildman–Crippen MR) is 42.6 cm³/mol. The second-order valence-corrected chi connectivity index (χ2v) is 3.04. The Hall–Kier alpha value is -0.0400. The first kappa shape index (κ1) is 7.96. The fourth-order valence-corrected chi connectivity index (χ4v) is 0.417. The Morgan fingerprint density at radius 2 is 2.12 bits per heavy atom. The van der Waals surface area contributed by atoms with Crippen LogP contribution in [0.1, 0.15) is 20.3 Å². The normalized spacial score (nSPS) is 7.75. The van der Waals surface area contributed by atoms with Crippen molar-refractivity contribution in [2.75, 3.05) is 0 Å². The molecule has 0 heterocycles. The fraction of sp³-hybridized carbons (Fsp3) is 0.500. The number of allylic oxidation sites excluding steroid dienone is 2. The van der Waals surface area contributed by atoms with Gasteiger partial charge in [0.05, 0.1) is 12.5 Å². The average Bonchev–Trinajstić information content (AvgIpc) is 1.67. The Kier molecular flexibility index (Phi) is 3.88. The minimum absolute atomic E-state index is 0.558. The molecule has 0 N–H and O–H groups in total. The molecule has 0 amide bonds. The first-order chi connectivity index (χ1) is 3.68. The number of rotatable bonds is 1. The van der Waals surface area contributed by atoms with Crippen molar-refractivity contribution in [3.63, 3.8) is 0 Å². The smallest absolute Gasteiger partial charge is 0.0674 e. The maximum Gasteiger partial charge on any atom is 0.0674 e. The average molecular weight is 221 g/mol. The molecule has 1 nitrogen and oxygen atoms in total. The lowest BCUT2D eigenvalue weighted by Gasteiger charge is -1.90. The van der Waals surface area contributed by atoms with Crippen LogP contribution in [-0.2, 0) is 0 Å². The molecule has 0 aliphatic carbocycles. The summed E-state index contributed by atoms with van der Waals surface area (Å²) < 4.78 is 1.16. The van der Waals surface area contributed by atoms with Gasteiger partial charge in [-0.1, -0.05) is 5.57 Å². The van der Waals surface area contributed by atoms with E-state index in [4.69, 9.17) is 5.26 Å². The van der Waals surface area contributed by atoms with Gasteiger partial charge in [-0.15, -0.1) is 0 Å². The van der Waals surface area contributed by atoms with Crippen molar-refractivity contribution in [3.05, 3.63) is 9.15 Å². The number of hydrogen-bond donors (Lipinski definition) is 0. The molecule has 44 valence electrons. The molecule has 0 rings (SSSR count). The maximum atomic E-state index is 8.20. The molecule has 2 heteroatoms. The molecule has 0 atom stereocenters. The van der Waals surface area contributed by atoms with E-state index in [1.54, 1.807) is 0 Å². The van der Waals surface area contributed by atoms with E-state index in [1.807, 2.05) is 13.8 Å². The molecule has 0 aromatic carbocycles. The zero-order valence-electron chi connectivity index (χ0n) is 5.03. The van der Waals surface area contributed by atoms with Gasteiger partial charge in [-0.3, -0.25) is 0 Å². The second-order valence-electron chi connectivity index (χ2n) is 1.74. The zero-order chi connectivity index (χ0) is 6.57. The highest BCUT2D eigenvalue weighted by Gasteiger charge is 1.89. The van der Waals surface area contributed by atoms with Crippen LogP contribution in [-0.4, -0.2) is 0 Å². The lowest BCUT2D eigenvalue weighted by Crippen LogP contribution is -1.71. The van der Waals surface area contributed by atoms with Crippen LogP contribution in [0.2, 0.25) is 0 Å². The van der Waals surface area contributed by atoms with Gasteiger partial charge in [-0.2, -0.15) is 5.26 Å². The summed E-state index contributed by atoms with van der Waals surface area (Å²) in [5, 5.41) is 8.20. The SMILES string of the molecule is CC(C)=C(I)CC#N. The first-order valence-electron chi connectivity index (χ1n) is 2.37.